The van der Waals surface area contributed by atoms with Gasteiger partial charge in [0.05, 0.1) is 18.1 Å². The lowest BCUT2D eigenvalue weighted by Crippen LogP contribution is -2.66. The molecule has 0 saturated heterocycles. The SMILES string of the molecule is CC(=O)O[C@H]1C[C@@]2(C)C(C[C@@H](O)[C@H]3[C@@]4(C)CC[C@@H](O)[C@@H](C)C4CC[C@@]32C)[C@H]1[C@H](CCC=C(C)C)C(=O)O. The lowest BCUT2D eigenvalue weighted by molar-refractivity contribution is -0.240. The van der Waals surface area contributed by atoms with Gasteiger partial charge < -0.3 is 20.1 Å². The average molecular weight is 519 g/mol. The monoisotopic (exact) mass is 518 g/mol. The van der Waals surface area contributed by atoms with Gasteiger partial charge in [-0.05, 0) is 105 Å². The number of hydrogen-bond donors (Lipinski definition) is 3. The number of carbonyl (C=O) groups is 2. The molecule has 6 nitrogen and oxygen atoms in total. The van der Waals surface area contributed by atoms with Crippen LogP contribution in [0.15, 0.2) is 11.6 Å². The lowest BCUT2D eigenvalue weighted by atomic mass is 9.36. The standard InChI is InChI=1S/C31H50O6/c1-17(2)9-8-10-20(28(35)36)26-22-15-24(34)27-29(5)13-12-23(33)18(3)21(29)11-14-30(27,6)31(22,7)16-25(26)37-19(4)32/h9,18,20-27,33-34H,8,10-16H2,1-7H3,(H,35,36)/t18-,20-,21?,22?,23+,24+,25-,26+,27-,29-,30-,31-/m0/s1. The van der Waals surface area contributed by atoms with Crippen LogP contribution in [0.3, 0.4) is 0 Å². The fourth-order valence-corrected chi connectivity index (χ4v) is 10.4. The smallest absolute Gasteiger partial charge is 0.306 e. The van der Waals surface area contributed by atoms with Crippen molar-refractivity contribution in [3.05, 3.63) is 11.6 Å². The number of aliphatic hydroxyl groups is 2. The van der Waals surface area contributed by atoms with Crippen molar-refractivity contribution in [2.24, 2.45) is 51.8 Å². The number of fused-ring (bicyclic) bond motifs is 5. The number of carbonyl (C=O) groups excluding carboxylic acids is 1. The molecule has 0 aliphatic heterocycles. The van der Waals surface area contributed by atoms with Gasteiger partial charge in [0.1, 0.15) is 6.10 Å². The third-order valence-electron chi connectivity index (χ3n) is 12.1. The van der Waals surface area contributed by atoms with Gasteiger partial charge >= 0.3 is 11.9 Å². The first-order chi connectivity index (χ1) is 17.2. The summed E-state index contributed by atoms with van der Waals surface area (Å²) in [5.41, 5.74) is 0.624. The number of aliphatic carboxylic acids is 1. The zero-order valence-corrected chi connectivity index (χ0v) is 24.0. The van der Waals surface area contributed by atoms with Crippen LogP contribution in [0, 0.1) is 51.8 Å². The van der Waals surface area contributed by atoms with Crippen molar-refractivity contribution in [1.29, 1.82) is 0 Å². The summed E-state index contributed by atoms with van der Waals surface area (Å²) < 4.78 is 5.93. The first-order valence-electron chi connectivity index (χ1n) is 14.6. The maximum atomic E-state index is 12.7. The summed E-state index contributed by atoms with van der Waals surface area (Å²) in [6, 6.07) is 0. The van der Waals surface area contributed by atoms with Crippen LogP contribution in [-0.4, -0.2) is 45.6 Å². The van der Waals surface area contributed by atoms with Gasteiger partial charge in [-0.15, -0.1) is 0 Å². The summed E-state index contributed by atoms with van der Waals surface area (Å²) in [4.78, 5) is 24.9. The minimum absolute atomic E-state index is 0.0346. The predicted octanol–water partition coefficient (Wildman–Crippen LogP) is 5.60. The molecule has 2 unspecified atom stereocenters. The molecular weight excluding hydrogens is 468 g/mol. The van der Waals surface area contributed by atoms with Crippen molar-refractivity contribution in [2.75, 3.05) is 0 Å². The van der Waals surface area contributed by atoms with Crippen molar-refractivity contribution in [2.45, 2.75) is 118 Å². The van der Waals surface area contributed by atoms with Crippen molar-refractivity contribution < 1.29 is 29.6 Å². The minimum Gasteiger partial charge on any atom is -0.481 e. The second kappa shape index (κ2) is 9.97. The Bertz CT molecular complexity index is 925. The summed E-state index contributed by atoms with van der Waals surface area (Å²) >= 11 is 0. The predicted molar refractivity (Wildman–Crippen MR) is 143 cm³/mol. The molecule has 3 N–H and O–H groups in total. The molecule has 4 rings (SSSR count). The molecule has 210 valence electrons. The summed E-state index contributed by atoms with van der Waals surface area (Å²) in [5, 5.41) is 33.0. The van der Waals surface area contributed by atoms with Crippen LogP contribution in [0.1, 0.15) is 99.8 Å². The fraction of sp³-hybridized carbons (Fsp3) is 0.871. The molecule has 12 atom stereocenters. The maximum absolute atomic E-state index is 12.7. The number of carboxylic acid groups (broad SMARTS) is 1. The van der Waals surface area contributed by atoms with Gasteiger partial charge in [0.15, 0.2) is 0 Å². The van der Waals surface area contributed by atoms with Crippen molar-refractivity contribution in [3.63, 3.8) is 0 Å². The number of allylic oxidation sites excluding steroid dienone is 2. The number of hydrogen-bond acceptors (Lipinski definition) is 5. The average Bonchev–Trinajstić information content (AvgIpc) is 3.05. The van der Waals surface area contributed by atoms with E-state index in [1.165, 1.54) is 6.92 Å². The molecule has 4 fully saturated rings. The van der Waals surface area contributed by atoms with Crippen molar-refractivity contribution >= 4 is 11.9 Å². The van der Waals surface area contributed by atoms with Crippen molar-refractivity contribution in [1.82, 2.24) is 0 Å². The van der Waals surface area contributed by atoms with E-state index in [1.807, 2.05) is 13.8 Å². The molecule has 0 heterocycles. The Morgan fingerprint density at radius 2 is 1.68 bits per heavy atom. The third-order valence-corrected chi connectivity index (χ3v) is 12.1. The van der Waals surface area contributed by atoms with E-state index < -0.39 is 24.1 Å². The van der Waals surface area contributed by atoms with E-state index in [0.717, 1.165) is 31.3 Å². The minimum atomic E-state index is -0.832. The van der Waals surface area contributed by atoms with E-state index in [1.54, 1.807) is 0 Å². The van der Waals surface area contributed by atoms with E-state index in [-0.39, 0.29) is 52.0 Å². The molecule has 0 aromatic heterocycles. The van der Waals surface area contributed by atoms with Gasteiger partial charge in [-0.25, -0.2) is 0 Å². The summed E-state index contributed by atoms with van der Waals surface area (Å²) in [7, 11) is 0. The van der Waals surface area contributed by atoms with Gasteiger partial charge in [-0.2, -0.15) is 0 Å². The third kappa shape index (κ3) is 4.48. The Labute approximate surface area is 223 Å². The normalized spacial score (nSPS) is 47.7. The number of carboxylic acids is 1. The van der Waals surface area contributed by atoms with Crippen molar-refractivity contribution in [3.8, 4) is 0 Å². The number of ether oxygens (including phenoxy) is 1. The largest absolute Gasteiger partial charge is 0.481 e. The highest BCUT2D eigenvalue weighted by Gasteiger charge is 2.72. The molecule has 37 heavy (non-hydrogen) atoms. The van der Waals surface area contributed by atoms with Gasteiger partial charge in [-0.3, -0.25) is 9.59 Å². The highest BCUT2D eigenvalue weighted by Crippen LogP contribution is 2.74. The lowest BCUT2D eigenvalue weighted by Gasteiger charge is -2.69. The van der Waals surface area contributed by atoms with Crippen LogP contribution in [0.4, 0.5) is 0 Å². The second-order valence-electron chi connectivity index (χ2n) is 14.1. The van der Waals surface area contributed by atoms with Crippen LogP contribution in [-0.2, 0) is 14.3 Å². The first kappa shape index (κ1) is 28.6. The summed E-state index contributed by atoms with van der Waals surface area (Å²) in [6.45, 7) is 14.6. The second-order valence-corrected chi connectivity index (χ2v) is 14.1. The topological polar surface area (TPSA) is 104 Å². The molecule has 0 aromatic rings. The summed E-state index contributed by atoms with van der Waals surface area (Å²) in [6.07, 6.45) is 6.77. The Balaban J connectivity index is 1.75. The van der Waals surface area contributed by atoms with Gasteiger partial charge in [0, 0.05) is 12.8 Å². The van der Waals surface area contributed by atoms with Gasteiger partial charge in [0.25, 0.3) is 0 Å². The molecule has 4 saturated carbocycles. The fourth-order valence-electron chi connectivity index (χ4n) is 10.4. The van der Waals surface area contributed by atoms with E-state index >= 15 is 0 Å². The Morgan fingerprint density at radius 3 is 2.27 bits per heavy atom. The highest BCUT2D eigenvalue weighted by molar-refractivity contribution is 5.71. The molecule has 0 bridgehead atoms. The maximum Gasteiger partial charge on any atom is 0.306 e. The Morgan fingerprint density at radius 1 is 1.00 bits per heavy atom. The molecule has 4 aliphatic carbocycles. The van der Waals surface area contributed by atoms with Crippen LogP contribution in [0.5, 0.6) is 0 Å². The first-order valence-corrected chi connectivity index (χ1v) is 14.6. The number of esters is 1. The summed E-state index contributed by atoms with van der Waals surface area (Å²) in [5.74, 6) is -1.54. The molecule has 0 spiro atoms. The van der Waals surface area contributed by atoms with Crippen LogP contribution < -0.4 is 0 Å². The van der Waals surface area contributed by atoms with E-state index in [2.05, 4.69) is 33.8 Å². The Hall–Kier alpha value is -1.40. The van der Waals surface area contributed by atoms with Gasteiger partial charge in [-0.1, -0.05) is 39.3 Å². The molecule has 0 aromatic carbocycles. The van der Waals surface area contributed by atoms with E-state index in [9.17, 15) is 24.9 Å². The molecular formula is C31H50O6. The molecule has 6 heteroatoms. The zero-order valence-electron chi connectivity index (χ0n) is 24.0. The van der Waals surface area contributed by atoms with Crippen LogP contribution >= 0.6 is 0 Å². The van der Waals surface area contributed by atoms with Crippen LogP contribution in [0.2, 0.25) is 0 Å². The Kier molecular flexibility index (Phi) is 7.71. The highest BCUT2D eigenvalue weighted by atomic mass is 16.5. The van der Waals surface area contributed by atoms with E-state index in [0.29, 0.717) is 31.6 Å². The molecule has 4 aliphatic rings. The van der Waals surface area contributed by atoms with E-state index in [4.69, 9.17) is 4.74 Å². The quantitative estimate of drug-likeness (QED) is 0.312. The molecule has 0 radical (unpaired) electrons. The van der Waals surface area contributed by atoms with Gasteiger partial charge in [0.2, 0.25) is 0 Å². The van der Waals surface area contributed by atoms with Crippen LogP contribution in [0.25, 0.3) is 0 Å². The molecule has 0 amide bonds. The number of rotatable bonds is 6. The number of aliphatic hydroxyl groups excluding tert-OH is 2. The zero-order chi connectivity index (χ0) is 27.5.